The number of hydrogen-bond donors (Lipinski definition) is 0. The van der Waals surface area contributed by atoms with Gasteiger partial charge in [-0.15, -0.1) is 11.3 Å². The molecule has 0 unspecified atom stereocenters. The monoisotopic (exact) mass is 1110 g/mol. The molecule has 1 aliphatic carbocycles. The van der Waals surface area contributed by atoms with Crippen LogP contribution in [0.2, 0.25) is 0 Å². The van der Waals surface area contributed by atoms with E-state index in [1.54, 1.807) is 28.5 Å². The molecule has 80 heavy (non-hydrogen) atoms. The van der Waals surface area contributed by atoms with Crippen molar-refractivity contribution in [1.29, 1.82) is 0 Å². The number of rotatable bonds is 28. The van der Waals surface area contributed by atoms with Gasteiger partial charge in [-0.1, -0.05) is 212 Å². The van der Waals surface area contributed by atoms with Crippen LogP contribution in [0.3, 0.4) is 0 Å². The van der Waals surface area contributed by atoms with Gasteiger partial charge >= 0.3 is 0 Å². The minimum Gasteiger partial charge on any atom is -0.311 e. The maximum atomic E-state index is 13.3. The number of benzene rings is 5. The van der Waals surface area contributed by atoms with Crippen LogP contribution in [0.15, 0.2) is 127 Å². The van der Waals surface area contributed by atoms with Gasteiger partial charge < -0.3 is 4.90 Å². The Balaban J connectivity index is 1.11. The lowest BCUT2D eigenvalue weighted by molar-refractivity contribution is -0.133. The van der Waals surface area contributed by atoms with Crippen molar-refractivity contribution >= 4 is 75.8 Å². The first-order valence-corrected chi connectivity index (χ1v) is 31.9. The van der Waals surface area contributed by atoms with Gasteiger partial charge in [0.25, 0.3) is 11.8 Å². The Kier molecular flexibility index (Phi) is 20.5. The van der Waals surface area contributed by atoms with Gasteiger partial charge in [-0.25, -0.2) is 0 Å². The van der Waals surface area contributed by atoms with Crippen molar-refractivity contribution in [2.75, 3.05) is 18.0 Å². The summed E-state index contributed by atoms with van der Waals surface area (Å²) in [5, 5.41) is 0.272. The van der Waals surface area contributed by atoms with E-state index < -0.39 is 0 Å². The molecule has 7 heteroatoms. The van der Waals surface area contributed by atoms with Gasteiger partial charge in [-0.05, 0) is 179 Å². The Labute approximate surface area is 491 Å². The summed E-state index contributed by atoms with van der Waals surface area (Å²) < 4.78 is 0. The lowest BCUT2D eigenvalue weighted by Gasteiger charge is -2.35. The molecule has 5 aromatic carbocycles. The van der Waals surface area contributed by atoms with Gasteiger partial charge in [0.05, 0.1) is 0 Å². The van der Waals surface area contributed by atoms with E-state index in [-0.39, 0.29) is 38.7 Å². The highest BCUT2D eigenvalue weighted by Crippen LogP contribution is 2.56. The Morgan fingerprint density at radius 1 is 0.512 bits per heavy atom. The minimum atomic E-state index is -0.339. The lowest BCUT2D eigenvalue weighted by atomic mass is 9.69. The second-order valence-electron chi connectivity index (χ2n) is 24.0. The zero-order chi connectivity index (χ0) is 57.0. The Hall–Kier alpha value is -5.89. The number of anilines is 3. The molecule has 0 spiro atoms. The molecule has 1 aromatic heterocycles. The van der Waals surface area contributed by atoms with E-state index in [0.29, 0.717) is 13.1 Å². The summed E-state index contributed by atoms with van der Waals surface area (Å²) in [5.74, 6) is -0.678. The first-order chi connectivity index (χ1) is 38.6. The molecule has 1 fully saturated rings. The summed E-state index contributed by atoms with van der Waals surface area (Å²) in [4.78, 5) is 33.9. The fourth-order valence-electron chi connectivity index (χ4n) is 12.4. The van der Waals surface area contributed by atoms with E-state index in [1.807, 2.05) is 26.0 Å². The topological polar surface area (TPSA) is 43.9 Å². The number of unbranched alkanes of at least 4 members (excludes halogenated alkanes) is 10. The van der Waals surface area contributed by atoms with Crippen LogP contribution in [0.25, 0.3) is 40.5 Å². The third-order valence-electron chi connectivity index (χ3n) is 17.8. The molecule has 6 aromatic rings. The van der Waals surface area contributed by atoms with Gasteiger partial charge in [-0.2, -0.15) is 0 Å². The van der Waals surface area contributed by atoms with E-state index in [1.165, 1.54) is 133 Å². The lowest BCUT2D eigenvalue weighted by Crippen LogP contribution is -2.55. The van der Waals surface area contributed by atoms with E-state index in [2.05, 4.69) is 182 Å². The molecular formula is C73H91N3O2S2. The number of fused-ring (bicyclic) bond motifs is 3. The SMILES string of the molecule is CCCCCCCCC1(CCCCCCCC)c2cc(-c3ccc(N(c4ccc(/C=C/c5ccc(C=C6C(=O)N(CC)C(=S)N(CC)C6=O)s5)cc4)c4ccc(C(C)(C)CCC)cc4)cc3)ccc2-c2ccc(C(C)(C)CC)cc21. The maximum Gasteiger partial charge on any atom is 0.265 e. The van der Waals surface area contributed by atoms with Crippen molar-refractivity contribution < 1.29 is 9.59 Å². The van der Waals surface area contributed by atoms with Crippen LogP contribution in [-0.4, -0.2) is 39.8 Å². The normalized spacial score (nSPS) is 14.4. The molecule has 1 aliphatic heterocycles. The van der Waals surface area contributed by atoms with Crippen molar-refractivity contribution in [1.82, 2.24) is 9.80 Å². The fraction of sp³-hybridized carbons (Fsp3) is 0.438. The molecule has 1 saturated heterocycles. The van der Waals surface area contributed by atoms with Gasteiger partial charge in [0.15, 0.2) is 5.11 Å². The summed E-state index contributed by atoms with van der Waals surface area (Å²) in [6, 6.07) is 46.3. The average Bonchev–Trinajstić information content (AvgIpc) is 4.27. The number of carbonyl (C=O) groups is 2. The smallest absolute Gasteiger partial charge is 0.265 e. The third-order valence-corrected chi connectivity index (χ3v) is 19.2. The van der Waals surface area contributed by atoms with Crippen LogP contribution in [0.1, 0.15) is 216 Å². The largest absolute Gasteiger partial charge is 0.311 e. The van der Waals surface area contributed by atoms with Crippen molar-refractivity contribution in [2.24, 2.45) is 0 Å². The average molecular weight is 1110 g/mol. The summed E-state index contributed by atoms with van der Waals surface area (Å²) in [7, 11) is 0. The van der Waals surface area contributed by atoms with Gasteiger partial charge in [-0.3, -0.25) is 19.4 Å². The highest BCUT2D eigenvalue weighted by atomic mass is 32.1. The fourth-order valence-corrected chi connectivity index (χ4v) is 13.7. The van der Waals surface area contributed by atoms with Crippen LogP contribution < -0.4 is 4.90 Å². The molecule has 0 radical (unpaired) electrons. The predicted molar refractivity (Wildman–Crippen MR) is 349 cm³/mol. The van der Waals surface area contributed by atoms with Crippen molar-refractivity contribution in [3.63, 3.8) is 0 Å². The summed E-state index contributed by atoms with van der Waals surface area (Å²) in [6.07, 6.45) is 27.4. The van der Waals surface area contributed by atoms with E-state index >= 15 is 0 Å². The number of carbonyl (C=O) groups excluding carboxylic acids is 2. The predicted octanol–water partition coefficient (Wildman–Crippen LogP) is 21.0. The van der Waals surface area contributed by atoms with Crippen molar-refractivity contribution in [3.05, 3.63) is 164 Å². The molecule has 0 atom stereocenters. The zero-order valence-corrected chi connectivity index (χ0v) is 51.8. The molecule has 0 N–H and O–H groups in total. The zero-order valence-electron chi connectivity index (χ0n) is 50.2. The van der Waals surface area contributed by atoms with Gasteiger partial charge in [0.2, 0.25) is 0 Å². The molecule has 2 heterocycles. The van der Waals surface area contributed by atoms with Crippen LogP contribution in [0.5, 0.6) is 0 Å². The van der Waals surface area contributed by atoms with Gasteiger partial charge in [0, 0.05) is 45.3 Å². The number of amides is 2. The quantitative estimate of drug-likeness (QED) is 0.0213. The van der Waals surface area contributed by atoms with Gasteiger partial charge in [0.1, 0.15) is 5.57 Å². The maximum absolute atomic E-state index is 13.3. The second-order valence-corrected chi connectivity index (χ2v) is 25.6. The van der Waals surface area contributed by atoms with Crippen molar-refractivity contribution in [2.45, 2.75) is 195 Å². The Morgan fingerprint density at radius 3 is 1.55 bits per heavy atom. The highest BCUT2D eigenvalue weighted by molar-refractivity contribution is 7.80. The van der Waals surface area contributed by atoms with E-state index in [9.17, 15) is 9.59 Å². The summed E-state index contributed by atoms with van der Waals surface area (Å²) in [6.45, 7) is 23.4. The molecular weight excluding hydrogens is 1010 g/mol. The number of thiophene rings is 1. The molecule has 0 bridgehead atoms. The molecule has 422 valence electrons. The van der Waals surface area contributed by atoms with Crippen LogP contribution in [-0.2, 0) is 25.8 Å². The summed E-state index contributed by atoms with van der Waals surface area (Å²) >= 11 is 7.02. The molecule has 2 aliphatic rings. The Bertz CT molecular complexity index is 3080. The van der Waals surface area contributed by atoms with E-state index in [4.69, 9.17) is 12.2 Å². The number of likely N-dealkylation sites (N-methyl/N-ethyl adjacent to an activating group) is 2. The highest BCUT2D eigenvalue weighted by Gasteiger charge is 2.43. The standard InChI is InChI=1S/C73H91N3O2S2/c1-11-17-19-21-23-25-48-73(49-26-24-22-20-18-12-2)66-50-55(32-45-63(66)64-46-35-57(51-67(64)73)71(7,8)14-4)54-30-38-59(39-31-54)76(60-40-33-56(34-41-60)72(9,10)47-13-3)58-36-27-53(28-37-58)29-42-61-43-44-62(80-61)52-65-68(77)74(15-5)70(79)75(16-6)69(65)78/h27-46,50-52H,11-26,47-49H2,1-10H3/b42-29+. The Morgan fingerprint density at radius 2 is 1.00 bits per heavy atom. The molecule has 2 amide bonds. The first-order valence-electron chi connectivity index (χ1n) is 30.7. The molecule has 0 saturated carbocycles. The first kappa shape index (κ1) is 60.2. The molecule has 5 nitrogen and oxygen atoms in total. The molecule has 8 rings (SSSR count). The van der Waals surface area contributed by atoms with E-state index in [0.717, 1.165) is 51.6 Å². The number of nitrogens with zero attached hydrogens (tertiary/aromatic N) is 3. The summed E-state index contributed by atoms with van der Waals surface area (Å²) in [5.41, 5.74) is 16.1. The number of thiocarbonyl (C=S) groups is 1. The second kappa shape index (κ2) is 27.3. The van der Waals surface area contributed by atoms with Crippen molar-refractivity contribution in [3.8, 4) is 22.3 Å². The number of hydrogen-bond acceptors (Lipinski definition) is 5. The third kappa shape index (κ3) is 13.4. The van der Waals surface area contributed by atoms with Crippen LogP contribution >= 0.6 is 23.6 Å². The van der Waals surface area contributed by atoms with Crippen LogP contribution in [0.4, 0.5) is 17.1 Å². The van der Waals surface area contributed by atoms with Crippen LogP contribution in [0, 0.1) is 0 Å². The minimum absolute atomic E-state index is 0.00193.